The summed E-state index contributed by atoms with van der Waals surface area (Å²) >= 11 is 0. The van der Waals surface area contributed by atoms with Crippen molar-refractivity contribution in [1.82, 2.24) is 4.98 Å². The van der Waals surface area contributed by atoms with Gasteiger partial charge in [-0.3, -0.25) is 15.1 Å². The second-order valence-electron chi connectivity index (χ2n) is 4.64. The molecule has 0 unspecified atom stereocenters. The predicted molar refractivity (Wildman–Crippen MR) is 75.5 cm³/mol. The lowest BCUT2D eigenvalue weighted by atomic mass is 10.1. The van der Waals surface area contributed by atoms with Gasteiger partial charge >= 0.3 is 0 Å². The number of anilines is 1. The third kappa shape index (κ3) is 2.58. The van der Waals surface area contributed by atoms with E-state index in [1.54, 1.807) is 18.5 Å². The normalized spacial score (nSPS) is 12.2. The zero-order valence-electron chi connectivity index (χ0n) is 11.3. The van der Waals surface area contributed by atoms with Crippen molar-refractivity contribution in [3.63, 3.8) is 0 Å². The average molecular weight is 287 g/mol. The van der Waals surface area contributed by atoms with Crippen molar-refractivity contribution in [1.29, 1.82) is 0 Å². The summed E-state index contributed by atoms with van der Waals surface area (Å²) in [6, 6.07) is 4.86. The highest BCUT2D eigenvalue weighted by Gasteiger charge is 2.23. The Labute approximate surface area is 120 Å². The van der Waals surface area contributed by atoms with E-state index in [2.05, 4.69) is 10.3 Å². The van der Waals surface area contributed by atoms with Gasteiger partial charge in [-0.2, -0.15) is 0 Å². The van der Waals surface area contributed by atoms with E-state index >= 15 is 0 Å². The van der Waals surface area contributed by atoms with E-state index in [0.29, 0.717) is 23.7 Å². The summed E-state index contributed by atoms with van der Waals surface area (Å²) < 4.78 is 10.4. The van der Waals surface area contributed by atoms with Crippen molar-refractivity contribution < 1.29 is 14.4 Å². The standard InChI is InChI=1S/C14H13N3O4/c1-9-2-3-15-6-10(9)7-16-11-4-13-14(21-8-20-13)5-12(11)17(18)19/h2-6,16H,7-8H2,1H3. The van der Waals surface area contributed by atoms with E-state index in [-0.39, 0.29) is 12.5 Å². The molecule has 0 saturated carbocycles. The minimum Gasteiger partial charge on any atom is -0.454 e. The number of nitro benzene ring substituents is 1. The van der Waals surface area contributed by atoms with E-state index < -0.39 is 4.92 Å². The van der Waals surface area contributed by atoms with E-state index in [1.807, 2.05) is 13.0 Å². The first-order valence-electron chi connectivity index (χ1n) is 6.36. The number of rotatable bonds is 4. The molecule has 0 bridgehead atoms. The lowest BCUT2D eigenvalue weighted by Gasteiger charge is -2.09. The van der Waals surface area contributed by atoms with Crippen molar-refractivity contribution in [3.05, 3.63) is 51.8 Å². The highest BCUT2D eigenvalue weighted by Crippen LogP contribution is 2.40. The molecule has 2 heterocycles. The Hall–Kier alpha value is -2.83. The first-order chi connectivity index (χ1) is 10.1. The average Bonchev–Trinajstić information content (AvgIpc) is 2.92. The molecule has 1 aromatic heterocycles. The van der Waals surface area contributed by atoms with Crippen LogP contribution in [0.1, 0.15) is 11.1 Å². The molecule has 1 N–H and O–H groups in total. The van der Waals surface area contributed by atoms with Crippen LogP contribution in [0.15, 0.2) is 30.6 Å². The summed E-state index contributed by atoms with van der Waals surface area (Å²) in [5.74, 6) is 0.899. The zero-order chi connectivity index (χ0) is 14.8. The number of hydrogen-bond acceptors (Lipinski definition) is 6. The molecule has 0 fully saturated rings. The van der Waals surface area contributed by atoms with Crippen LogP contribution in [-0.2, 0) is 6.54 Å². The zero-order valence-corrected chi connectivity index (χ0v) is 11.3. The molecule has 0 radical (unpaired) electrons. The highest BCUT2D eigenvalue weighted by atomic mass is 16.7. The van der Waals surface area contributed by atoms with Gasteiger partial charge in [-0.15, -0.1) is 0 Å². The number of aryl methyl sites for hydroxylation is 1. The molecule has 21 heavy (non-hydrogen) atoms. The van der Waals surface area contributed by atoms with Gasteiger partial charge in [0.05, 0.1) is 11.0 Å². The van der Waals surface area contributed by atoms with Gasteiger partial charge in [0, 0.05) is 25.0 Å². The van der Waals surface area contributed by atoms with Crippen molar-refractivity contribution in [2.75, 3.05) is 12.1 Å². The molecule has 7 heteroatoms. The molecule has 0 saturated heterocycles. The Morgan fingerprint density at radius 1 is 1.38 bits per heavy atom. The second kappa shape index (κ2) is 5.28. The Morgan fingerprint density at radius 3 is 2.86 bits per heavy atom. The number of nitrogens with one attached hydrogen (secondary N) is 1. The molecule has 0 spiro atoms. The van der Waals surface area contributed by atoms with Gasteiger partial charge in [0.25, 0.3) is 5.69 Å². The molecule has 108 valence electrons. The van der Waals surface area contributed by atoms with E-state index in [0.717, 1.165) is 11.1 Å². The van der Waals surface area contributed by atoms with E-state index in [9.17, 15) is 10.1 Å². The van der Waals surface area contributed by atoms with Gasteiger partial charge in [0.1, 0.15) is 5.69 Å². The minimum atomic E-state index is -0.444. The fraction of sp³-hybridized carbons (Fsp3) is 0.214. The van der Waals surface area contributed by atoms with Crippen LogP contribution in [-0.4, -0.2) is 16.7 Å². The fourth-order valence-corrected chi connectivity index (χ4v) is 2.10. The second-order valence-corrected chi connectivity index (χ2v) is 4.64. The van der Waals surface area contributed by atoms with Crippen molar-refractivity contribution >= 4 is 11.4 Å². The number of hydrogen-bond donors (Lipinski definition) is 1. The maximum absolute atomic E-state index is 11.2. The van der Waals surface area contributed by atoms with Crippen LogP contribution in [0.4, 0.5) is 11.4 Å². The largest absolute Gasteiger partial charge is 0.454 e. The van der Waals surface area contributed by atoms with Gasteiger partial charge in [-0.1, -0.05) is 0 Å². The number of fused-ring (bicyclic) bond motifs is 1. The van der Waals surface area contributed by atoms with Gasteiger partial charge in [0.2, 0.25) is 6.79 Å². The number of aromatic nitrogens is 1. The molecule has 0 atom stereocenters. The van der Waals surface area contributed by atoms with Crippen LogP contribution < -0.4 is 14.8 Å². The summed E-state index contributed by atoms with van der Waals surface area (Å²) in [6.45, 7) is 2.49. The molecule has 7 nitrogen and oxygen atoms in total. The van der Waals surface area contributed by atoms with Crippen LogP contribution in [0, 0.1) is 17.0 Å². The number of nitro groups is 1. The minimum absolute atomic E-state index is 0.0409. The van der Waals surface area contributed by atoms with Gasteiger partial charge in [0.15, 0.2) is 11.5 Å². The summed E-state index contributed by atoms with van der Waals surface area (Å²) in [6.07, 6.45) is 3.45. The molecule has 1 aliphatic rings. The predicted octanol–water partition coefficient (Wildman–Crippen LogP) is 2.64. The third-order valence-electron chi connectivity index (χ3n) is 3.30. The summed E-state index contributed by atoms with van der Waals surface area (Å²) in [5, 5.41) is 14.2. The SMILES string of the molecule is Cc1ccncc1CNc1cc2c(cc1[N+](=O)[O-])OCO2. The Kier molecular flexibility index (Phi) is 3.31. The molecule has 1 aliphatic heterocycles. The molecule has 3 rings (SSSR count). The van der Waals surface area contributed by atoms with Crippen molar-refractivity contribution in [2.45, 2.75) is 13.5 Å². The number of benzene rings is 1. The molecular weight excluding hydrogens is 274 g/mol. The van der Waals surface area contributed by atoms with Gasteiger partial charge < -0.3 is 14.8 Å². The summed E-state index contributed by atoms with van der Waals surface area (Å²) in [5.41, 5.74) is 2.40. The van der Waals surface area contributed by atoms with Crippen molar-refractivity contribution in [2.24, 2.45) is 0 Å². The summed E-state index contributed by atoms with van der Waals surface area (Å²) in [4.78, 5) is 14.8. The summed E-state index contributed by atoms with van der Waals surface area (Å²) in [7, 11) is 0. The number of pyridine rings is 1. The fourth-order valence-electron chi connectivity index (χ4n) is 2.10. The van der Waals surface area contributed by atoms with Gasteiger partial charge in [-0.05, 0) is 24.1 Å². The lowest BCUT2D eigenvalue weighted by Crippen LogP contribution is -2.04. The molecule has 2 aromatic rings. The van der Waals surface area contributed by atoms with E-state index in [4.69, 9.17) is 9.47 Å². The Balaban J connectivity index is 1.88. The van der Waals surface area contributed by atoms with Crippen molar-refractivity contribution in [3.8, 4) is 11.5 Å². The number of ether oxygens (including phenoxy) is 2. The highest BCUT2D eigenvalue weighted by molar-refractivity contribution is 5.69. The van der Waals surface area contributed by atoms with Gasteiger partial charge in [-0.25, -0.2) is 0 Å². The maximum Gasteiger partial charge on any atom is 0.296 e. The van der Waals surface area contributed by atoms with E-state index in [1.165, 1.54) is 6.07 Å². The van der Waals surface area contributed by atoms with Crippen LogP contribution in [0.25, 0.3) is 0 Å². The topological polar surface area (TPSA) is 86.5 Å². The van der Waals surface area contributed by atoms with Crippen LogP contribution in [0.5, 0.6) is 11.5 Å². The Bertz CT molecular complexity index is 703. The smallest absolute Gasteiger partial charge is 0.296 e. The molecule has 0 aliphatic carbocycles. The lowest BCUT2D eigenvalue weighted by molar-refractivity contribution is -0.384. The first-order valence-corrected chi connectivity index (χ1v) is 6.36. The molecule has 1 aromatic carbocycles. The quantitative estimate of drug-likeness (QED) is 0.687. The third-order valence-corrected chi connectivity index (χ3v) is 3.30. The van der Waals surface area contributed by atoms with Crippen LogP contribution >= 0.6 is 0 Å². The van der Waals surface area contributed by atoms with Crippen LogP contribution in [0.3, 0.4) is 0 Å². The Morgan fingerprint density at radius 2 is 2.14 bits per heavy atom. The van der Waals surface area contributed by atoms with Crippen LogP contribution in [0.2, 0.25) is 0 Å². The monoisotopic (exact) mass is 287 g/mol. The maximum atomic E-state index is 11.2. The number of nitrogens with zero attached hydrogens (tertiary/aromatic N) is 2. The molecular formula is C14H13N3O4. The first kappa shape index (κ1) is 13.2. The molecule has 0 amide bonds.